The summed E-state index contributed by atoms with van der Waals surface area (Å²) in [5, 5.41) is 13.7. The molecule has 1 heterocycles. The second kappa shape index (κ2) is 6.72. The maximum absolute atomic E-state index is 10.7. The zero-order chi connectivity index (χ0) is 13.5. The quantitative estimate of drug-likeness (QED) is 0.379. The summed E-state index contributed by atoms with van der Waals surface area (Å²) in [6.45, 7) is 4.90. The van der Waals surface area contributed by atoms with Gasteiger partial charge in [-0.15, -0.1) is 0 Å². The molecule has 0 saturated heterocycles. The Bertz CT molecular complexity index is 412. The van der Waals surface area contributed by atoms with Gasteiger partial charge in [0.15, 0.2) is 0 Å². The number of anilines is 2. The van der Waals surface area contributed by atoms with Crippen LogP contribution in [-0.4, -0.2) is 29.2 Å². The SMILES string of the molecule is CCOCC(C)Nc1cc([N+](=O)[O-])cc(NN)n1. The molecule has 0 aliphatic rings. The highest BCUT2D eigenvalue weighted by molar-refractivity contribution is 5.54. The van der Waals surface area contributed by atoms with Gasteiger partial charge in [0.1, 0.15) is 11.6 Å². The van der Waals surface area contributed by atoms with Crippen LogP contribution in [0.25, 0.3) is 0 Å². The number of rotatable bonds is 7. The van der Waals surface area contributed by atoms with Gasteiger partial charge in [-0.05, 0) is 13.8 Å². The molecular formula is C10H17N5O3. The van der Waals surface area contributed by atoms with Crippen LogP contribution in [0, 0.1) is 10.1 Å². The van der Waals surface area contributed by atoms with Crippen LogP contribution in [0.2, 0.25) is 0 Å². The number of hydrogen-bond acceptors (Lipinski definition) is 7. The van der Waals surface area contributed by atoms with Crippen molar-refractivity contribution >= 4 is 17.3 Å². The number of nitrogens with two attached hydrogens (primary N) is 1. The first kappa shape index (κ1) is 14.1. The van der Waals surface area contributed by atoms with Gasteiger partial charge in [-0.25, -0.2) is 10.8 Å². The Morgan fingerprint density at radius 2 is 2.22 bits per heavy atom. The second-order valence-corrected chi connectivity index (χ2v) is 3.70. The van der Waals surface area contributed by atoms with E-state index in [1.165, 1.54) is 12.1 Å². The van der Waals surface area contributed by atoms with E-state index in [-0.39, 0.29) is 17.5 Å². The molecule has 4 N–H and O–H groups in total. The molecule has 100 valence electrons. The van der Waals surface area contributed by atoms with E-state index in [0.29, 0.717) is 19.0 Å². The Labute approximate surface area is 105 Å². The van der Waals surface area contributed by atoms with E-state index in [1.807, 2.05) is 13.8 Å². The molecule has 8 nitrogen and oxygen atoms in total. The fourth-order valence-electron chi connectivity index (χ4n) is 1.36. The number of nitro groups is 1. The zero-order valence-electron chi connectivity index (χ0n) is 10.3. The molecule has 1 aromatic heterocycles. The number of ether oxygens (including phenoxy) is 1. The molecular weight excluding hydrogens is 238 g/mol. The van der Waals surface area contributed by atoms with Gasteiger partial charge in [-0.2, -0.15) is 0 Å². The van der Waals surface area contributed by atoms with Crippen LogP contribution >= 0.6 is 0 Å². The van der Waals surface area contributed by atoms with Crippen molar-refractivity contribution in [2.75, 3.05) is 24.0 Å². The maximum atomic E-state index is 10.7. The van der Waals surface area contributed by atoms with Crippen molar-refractivity contribution in [1.82, 2.24) is 4.98 Å². The van der Waals surface area contributed by atoms with Crippen LogP contribution in [0.4, 0.5) is 17.3 Å². The number of nitrogens with zero attached hydrogens (tertiary/aromatic N) is 2. The van der Waals surface area contributed by atoms with Crippen molar-refractivity contribution in [1.29, 1.82) is 0 Å². The van der Waals surface area contributed by atoms with E-state index in [1.54, 1.807) is 0 Å². The molecule has 0 aliphatic heterocycles. The van der Waals surface area contributed by atoms with Gasteiger partial charge in [0.2, 0.25) is 0 Å². The lowest BCUT2D eigenvalue weighted by molar-refractivity contribution is -0.384. The van der Waals surface area contributed by atoms with Crippen molar-refractivity contribution in [3.63, 3.8) is 0 Å². The predicted molar refractivity (Wildman–Crippen MR) is 68.3 cm³/mol. The van der Waals surface area contributed by atoms with Crippen LogP contribution in [0.1, 0.15) is 13.8 Å². The zero-order valence-corrected chi connectivity index (χ0v) is 10.3. The lowest BCUT2D eigenvalue weighted by atomic mass is 10.3. The van der Waals surface area contributed by atoms with E-state index in [0.717, 1.165) is 0 Å². The normalized spacial score (nSPS) is 11.9. The van der Waals surface area contributed by atoms with E-state index in [2.05, 4.69) is 15.7 Å². The molecule has 0 bridgehead atoms. The maximum Gasteiger partial charge on any atom is 0.276 e. The minimum absolute atomic E-state index is 0.00919. The highest BCUT2D eigenvalue weighted by atomic mass is 16.6. The summed E-state index contributed by atoms with van der Waals surface area (Å²) in [5.74, 6) is 5.82. The number of hydrazine groups is 1. The molecule has 1 unspecified atom stereocenters. The van der Waals surface area contributed by atoms with Crippen LogP contribution in [0.15, 0.2) is 12.1 Å². The average Bonchev–Trinajstić information content (AvgIpc) is 2.35. The van der Waals surface area contributed by atoms with Gasteiger partial charge in [-0.3, -0.25) is 10.1 Å². The van der Waals surface area contributed by atoms with Crippen LogP contribution in [0.5, 0.6) is 0 Å². The Morgan fingerprint density at radius 3 is 2.78 bits per heavy atom. The third-order valence-electron chi connectivity index (χ3n) is 2.14. The van der Waals surface area contributed by atoms with E-state index < -0.39 is 4.92 Å². The first-order valence-corrected chi connectivity index (χ1v) is 5.54. The summed E-state index contributed by atoms with van der Waals surface area (Å²) >= 11 is 0. The number of nitrogen functional groups attached to an aromatic ring is 1. The van der Waals surface area contributed by atoms with Gasteiger partial charge < -0.3 is 15.5 Å². The Morgan fingerprint density at radius 1 is 1.56 bits per heavy atom. The summed E-state index contributed by atoms with van der Waals surface area (Å²) in [6, 6.07) is 2.60. The van der Waals surface area contributed by atoms with Gasteiger partial charge >= 0.3 is 0 Å². The lowest BCUT2D eigenvalue weighted by Crippen LogP contribution is -2.22. The molecule has 8 heteroatoms. The topological polar surface area (TPSA) is 115 Å². The average molecular weight is 255 g/mol. The standard InChI is InChI=1S/C10H17N5O3/c1-3-18-6-7(2)12-9-4-8(15(16)17)5-10(13-9)14-11/h4-5,7H,3,6,11H2,1-2H3,(H2,12,13,14). The third-order valence-corrected chi connectivity index (χ3v) is 2.14. The molecule has 0 spiro atoms. The highest BCUT2D eigenvalue weighted by Gasteiger charge is 2.12. The molecule has 1 rings (SSSR count). The largest absolute Gasteiger partial charge is 0.380 e. The smallest absolute Gasteiger partial charge is 0.276 e. The van der Waals surface area contributed by atoms with Gasteiger partial charge in [0, 0.05) is 12.6 Å². The van der Waals surface area contributed by atoms with Crippen LogP contribution < -0.4 is 16.6 Å². The molecule has 0 radical (unpaired) electrons. The first-order valence-electron chi connectivity index (χ1n) is 5.54. The second-order valence-electron chi connectivity index (χ2n) is 3.70. The summed E-state index contributed by atoms with van der Waals surface area (Å²) in [4.78, 5) is 14.3. The molecule has 1 aromatic rings. The van der Waals surface area contributed by atoms with E-state index in [4.69, 9.17) is 10.6 Å². The first-order chi connectivity index (χ1) is 8.56. The Hall–Kier alpha value is -1.93. The molecule has 1 atom stereocenters. The highest BCUT2D eigenvalue weighted by Crippen LogP contribution is 2.20. The summed E-state index contributed by atoms with van der Waals surface area (Å²) < 4.78 is 5.24. The van der Waals surface area contributed by atoms with Crippen molar-refractivity contribution in [3.05, 3.63) is 22.2 Å². The monoisotopic (exact) mass is 255 g/mol. The number of pyridine rings is 1. The molecule has 0 aromatic carbocycles. The Kier molecular flexibility index (Phi) is 5.28. The molecule has 0 amide bonds. The van der Waals surface area contributed by atoms with Crippen molar-refractivity contribution in [2.45, 2.75) is 19.9 Å². The fourth-order valence-corrected chi connectivity index (χ4v) is 1.36. The van der Waals surface area contributed by atoms with Gasteiger partial charge in [-0.1, -0.05) is 0 Å². The predicted octanol–water partition coefficient (Wildman–Crippen LogP) is 1.11. The van der Waals surface area contributed by atoms with Crippen LogP contribution in [-0.2, 0) is 4.74 Å². The molecule has 0 saturated carbocycles. The molecule has 18 heavy (non-hydrogen) atoms. The van der Waals surface area contributed by atoms with E-state index >= 15 is 0 Å². The Balaban J connectivity index is 2.81. The minimum atomic E-state index is -0.499. The summed E-state index contributed by atoms with van der Waals surface area (Å²) in [7, 11) is 0. The fraction of sp³-hybridized carbons (Fsp3) is 0.500. The number of aromatic nitrogens is 1. The minimum Gasteiger partial charge on any atom is -0.380 e. The van der Waals surface area contributed by atoms with E-state index in [9.17, 15) is 10.1 Å². The third kappa shape index (κ3) is 4.15. The summed E-state index contributed by atoms with van der Waals surface area (Å²) in [6.07, 6.45) is 0. The summed E-state index contributed by atoms with van der Waals surface area (Å²) in [5.41, 5.74) is 2.21. The lowest BCUT2D eigenvalue weighted by Gasteiger charge is -2.14. The van der Waals surface area contributed by atoms with Crippen molar-refractivity contribution < 1.29 is 9.66 Å². The van der Waals surface area contributed by atoms with Crippen molar-refractivity contribution in [3.8, 4) is 0 Å². The number of nitrogens with one attached hydrogen (secondary N) is 2. The van der Waals surface area contributed by atoms with Gasteiger partial charge in [0.25, 0.3) is 5.69 Å². The molecule has 0 fully saturated rings. The molecule has 0 aliphatic carbocycles. The number of hydrogen-bond donors (Lipinski definition) is 3. The van der Waals surface area contributed by atoms with Crippen molar-refractivity contribution in [2.24, 2.45) is 5.84 Å². The van der Waals surface area contributed by atoms with Crippen LogP contribution in [0.3, 0.4) is 0 Å². The van der Waals surface area contributed by atoms with Gasteiger partial charge in [0.05, 0.1) is 23.7 Å².